The van der Waals surface area contributed by atoms with Crippen molar-refractivity contribution in [2.45, 2.75) is 10.1 Å². The van der Waals surface area contributed by atoms with Crippen molar-refractivity contribution in [2.75, 3.05) is 19.6 Å². The summed E-state index contributed by atoms with van der Waals surface area (Å²) in [6, 6.07) is 6.89. The molecule has 0 fully saturated rings. The summed E-state index contributed by atoms with van der Waals surface area (Å²) >= 11 is -0.225. The van der Waals surface area contributed by atoms with Crippen LogP contribution in [0.25, 0.3) is 21.3 Å². The first-order valence-electron chi connectivity index (χ1n) is 7.24. The summed E-state index contributed by atoms with van der Waals surface area (Å²) in [6.07, 6.45) is 3.91. The lowest BCUT2D eigenvalue weighted by Gasteiger charge is -2.11. The average Bonchev–Trinajstić information content (AvgIpc) is 2.98. The van der Waals surface area contributed by atoms with Crippen molar-refractivity contribution in [3.05, 3.63) is 35.3 Å². The Kier molecular flexibility index (Phi) is 5.02. The number of benzene rings is 1. The van der Waals surface area contributed by atoms with Gasteiger partial charge in [-0.15, -0.1) is 11.3 Å². The van der Waals surface area contributed by atoms with Gasteiger partial charge in [-0.2, -0.15) is 0 Å². The summed E-state index contributed by atoms with van der Waals surface area (Å²) in [7, 11) is -2.37. The zero-order chi connectivity index (χ0) is 19.1. The predicted octanol–water partition coefficient (Wildman–Crippen LogP) is 2.29. The lowest BCUT2D eigenvalue weighted by molar-refractivity contribution is 0.0607. The number of sulfone groups is 1. The van der Waals surface area contributed by atoms with Gasteiger partial charge in [-0.05, 0) is 23.3 Å². The summed E-state index contributed by atoms with van der Waals surface area (Å²) in [5, 5.41) is -0.337. The lowest BCUT2D eigenvalue weighted by atomic mass is 10.1. The molecule has 0 N–H and O–H groups in total. The average molecular weight is 410 g/mol. The van der Waals surface area contributed by atoms with E-state index in [-0.39, 0.29) is 10.0 Å². The number of esters is 1. The Morgan fingerprint density at radius 2 is 2.00 bits per heavy atom. The van der Waals surface area contributed by atoms with E-state index in [1.54, 1.807) is 24.3 Å². The topological polar surface area (TPSA) is 109 Å². The molecule has 2 heterocycles. The Labute approximate surface area is 157 Å². The third-order valence-corrected chi connectivity index (χ3v) is 6.51. The van der Waals surface area contributed by atoms with Gasteiger partial charge >= 0.3 is 5.97 Å². The maximum Gasteiger partial charge on any atom is 0.348 e. The molecule has 0 saturated carbocycles. The number of aromatic nitrogens is 2. The first kappa shape index (κ1) is 18.8. The molecule has 3 rings (SSSR count). The van der Waals surface area contributed by atoms with Crippen molar-refractivity contribution in [1.82, 2.24) is 9.97 Å². The van der Waals surface area contributed by atoms with Gasteiger partial charge in [-0.3, -0.25) is 0 Å². The van der Waals surface area contributed by atoms with Crippen LogP contribution in [-0.2, 0) is 25.7 Å². The molecule has 1 unspecified atom stereocenters. The number of nitrogens with zero attached hydrogens (tertiary/aromatic N) is 2. The molecule has 0 amide bonds. The number of hydrogen-bond donors (Lipinski definition) is 0. The Balaban J connectivity index is 2.43. The van der Waals surface area contributed by atoms with E-state index in [1.165, 1.54) is 19.6 Å². The molecule has 0 bridgehead atoms. The minimum Gasteiger partial charge on any atom is -0.612 e. The molecule has 10 heteroatoms. The molecular weight excluding hydrogens is 396 g/mol. The highest BCUT2D eigenvalue weighted by molar-refractivity contribution is 7.91. The molecule has 136 valence electrons. The number of fused-ring (bicyclic) bond motifs is 1. The molecular formula is C16H14N2O5S3. The minimum atomic E-state index is -3.63. The van der Waals surface area contributed by atoms with Gasteiger partial charge < -0.3 is 9.29 Å². The highest BCUT2D eigenvalue weighted by Gasteiger charge is 2.27. The molecule has 7 nitrogen and oxygen atoms in total. The van der Waals surface area contributed by atoms with Crippen LogP contribution in [0, 0.1) is 0 Å². The van der Waals surface area contributed by atoms with Crippen molar-refractivity contribution < 1.29 is 22.5 Å². The van der Waals surface area contributed by atoms with Crippen LogP contribution in [0.3, 0.4) is 0 Å². The summed E-state index contributed by atoms with van der Waals surface area (Å²) < 4.78 is 41.2. The van der Waals surface area contributed by atoms with Crippen LogP contribution in [0.1, 0.15) is 9.67 Å². The van der Waals surface area contributed by atoms with Gasteiger partial charge in [0.25, 0.3) is 0 Å². The van der Waals surface area contributed by atoms with Crippen LogP contribution >= 0.6 is 11.3 Å². The maximum absolute atomic E-state index is 12.3. The van der Waals surface area contributed by atoms with Gasteiger partial charge in [-0.1, -0.05) is 12.1 Å². The maximum atomic E-state index is 12.3. The van der Waals surface area contributed by atoms with Crippen LogP contribution in [-0.4, -0.2) is 48.5 Å². The van der Waals surface area contributed by atoms with E-state index in [0.29, 0.717) is 26.2 Å². The number of ether oxygens (including phenoxy) is 1. The number of thiophene rings is 1. The van der Waals surface area contributed by atoms with Crippen LogP contribution in [0.5, 0.6) is 0 Å². The van der Waals surface area contributed by atoms with E-state index < -0.39 is 27.0 Å². The van der Waals surface area contributed by atoms with E-state index >= 15 is 0 Å². The highest BCUT2D eigenvalue weighted by Crippen LogP contribution is 2.40. The normalized spacial score (nSPS) is 12.9. The Bertz CT molecular complexity index is 1110. The van der Waals surface area contributed by atoms with Gasteiger partial charge in [-0.25, -0.2) is 23.2 Å². The van der Waals surface area contributed by atoms with Gasteiger partial charge in [0.2, 0.25) is 15.0 Å². The van der Waals surface area contributed by atoms with E-state index in [1.807, 2.05) is 0 Å². The zero-order valence-corrected chi connectivity index (χ0v) is 16.5. The van der Waals surface area contributed by atoms with Crippen molar-refractivity contribution in [1.29, 1.82) is 0 Å². The molecule has 0 radical (unpaired) electrons. The Hall–Kier alpha value is -2.01. The second kappa shape index (κ2) is 6.95. The fourth-order valence-electron chi connectivity index (χ4n) is 2.47. The third kappa shape index (κ3) is 3.32. The van der Waals surface area contributed by atoms with Crippen LogP contribution < -0.4 is 0 Å². The quantitative estimate of drug-likeness (QED) is 0.369. The molecule has 0 spiro atoms. The number of carbonyl (C=O) groups is 1. The molecule has 0 saturated heterocycles. The molecule has 2 aromatic heterocycles. The lowest BCUT2D eigenvalue weighted by Crippen LogP contribution is -2.05. The zero-order valence-electron chi connectivity index (χ0n) is 14.0. The summed E-state index contributed by atoms with van der Waals surface area (Å²) in [5.74, 6) is -0.583. The van der Waals surface area contributed by atoms with Crippen LogP contribution in [0.2, 0.25) is 0 Å². The van der Waals surface area contributed by atoms with Crippen molar-refractivity contribution >= 4 is 48.5 Å². The van der Waals surface area contributed by atoms with Gasteiger partial charge in [0, 0.05) is 23.6 Å². The fraction of sp³-hybridized carbons (Fsp3) is 0.188. The first-order valence-corrected chi connectivity index (χ1v) is 11.5. The SMILES string of the molecule is COC(=O)c1sc2cnc(S(C)(=O)=O)nc2c1-c1ccccc1[S+](C)[O-]. The highest BCUT2D eigenvalue weighted by atomic mass is 32.2. The minimum absolute atomic E-state index is 0.250. The monoisotopic (exact) mass is 410 g/mol. The smallest absolute Gasteiger partial charge is 0.348 e. The molecule has 26 heavy (non-hydrogen) atoms. The standard InChI is InChI=1S/C16H14N2O5S3/c1-23-15(19)14-12(9-6-4-5-7-11(9)25(2)20)13-10(24-14)8-17-16(18-13)26(3,21)22/h4-8H,1-3H3. The van der Waals surface area contributed by atoms with E-state index in [0.717, 1.165) is 17.6 Å². The second-order valence-corrected chi connectivity index (χ2v) is 9.70. The van der Waals surface area contributed by atoms with Gasteiger partial charge in [0.1, 0.15) is 11.1 Å². The van der Waals surface area contributed by atoms with Crippen molar-refractivity contribution in [2.24, 2.45) is 0 Å². The molecule has 0 aliphatic heterocycles. The van der Waals surface area contributed by atoms with E-state index in [4.69, 9.17) is 4.74 Å². The molecule has 0 aliphatic carbocycles. The second-order valence-electron chi connectivity index (χ2n) is 5.39. The van der Waals surface area contributed by atoms with Gasteiger partial charge in [0.05, 0.1) is 17.3 Å². The largest absolute Gasteiger partial charge is 0.612 e. The van der Waals surface area contributed by atoms with E-state index in [9.17, 15) is 17.8 Å². The molecule has 1 aromatic carbocycles. The summed E-state index contributed by atoms with van der Waals surface area (Å²) in [4.78, 5) is 21.1. The van der Waals surface area contributed by atoms with Crippen LogP contribution in [0.15, 0.2) is 40.5 Å². The van der Waals surface area contributed by atoms with Gasteiger partial charge in [0.15, 0.2) is 4.90 Å². The third-order valence-electron chi connectivity index (χ3n) is 3.58. The van der Waals surface area contributed by atoms with Crippen LogP contribution in [0.4, 0.5) is 0 Å². The molecule has 1 atom stereocenters. The van der Waals surface area contributed by atoms with Crippen molar-refractivity contribution in [3.63, 3.8) is 0 Å². The van der Waals surface area contributed by atoms with E-state index in [2.05, 4.69) is 9.97 Å². The van der Waals surface area contributed by atoms with Crippen molar-refractivity contribution in [3.8, 4) is 11.1 Å². The first-order chi connectivity index (χ1) is 12.2. The molecule has 0 aliphatic rings. The molecule has 3 aromatic rings. The number of methoxy groups -OCH3 is 1. The fourth-order valence-corrected chi connectivity index (χ4v) is 4.76. The Morgan fingerprint density at radius 3 is 2.62 bits per heavy atom. The predicted molar refractivity (Wildman–Crippen MR) is 99.6 cm³/mol. The number of rotatable bonds is 4. The summed E-state index contributed by atoms with van der Waals surface area (Å²) in [5.41, 5.74) is 1.25. The summed E-state index contributed by atoms with van der Waals surface area (Å²) in [6.45, 7) is 0. The number of carbonyl (C=O) groups excluding carboxylic acids is 1. The Morgan fingerprint density at radius 1 is 1.31 bits per heavy atom. The number of hydrogen-bond acceptors (Lipinski definition) is 8.